The van der Waals surface area contributed by atoms with Gasteiger partial charge in [-0.15, -0.1) is 0 Å². The van der Waals surface area contributed by atoms with E-state index in [1.54, 1.807) is 6.92 Å². The summed E-state index contributed by atoms with van der Waals surface area (Å²) in [6.07, 6.45) is 3.90. The highest BCUT2D eigenvalue weighted by Gasteiger charge is 2.16. The van der Waals surface area contributed by atoms with Crippen molar-refractivity contribution in [3.63, 3.8) is 0 Å². The van der Waals surface area contributed by atoms with Gasteiger partial charge >= 0.3 is 11.9 Å². The molecule has 0 saturated carbocycles. The van der Waals surface area contributed by atoms with E-state index in [0.717, 1.165) is 26.5 Å². The first-order valence-electron chi connectivity index (χ1n) is 9.29. The second-order valence-corrected chi connectivity index (χ2v) is 7.32. The zero-order valence-corrected chi connectivity index (χ0v) is 17.9. The highest BCUT2D eigenvalue weighted by atomic mass is 79.9. The van der Waals surface area contributed by atoms with E-state index in [1.165, 1.54) is 7.11 Å². The fraction of sp³-hybridized carbons (Fsp3) is 0.217. The summed E-state index contributed by atoms with van der Waals surface area (Å²) in [4.78, 5) is 24.4. The largest absolute Gasteiger partial charge is 0.466 e. The maximum Gasteiger partial charge on any atom is 0.335 e. The molecule has 0 aliphatic carbocycles. The summed E-state index contributed by atoms with van der Waals surface area (Å²) in [5.41, 5.74) is 3.19. The van der Waals surface area contributed by atoms with Crippen LogP contribution in [0.1, 0.15) is 18.1 Å². The number of hydrogen-bond acceptors (Lipinski definition) is 4. The lowest BCUT2D eigenvalue weighted by Crippen LogP contribution is -2.11. The van der Waals surface area contributed by atoms with Crippen molar-refractivity contribution < 1.29 is 19.1 Å². The number of benzene rings is 2. The lowest BCUT2D eigenvalue weighted by Gasteiger charge is -2.09. The van der Waals surface area contributed by atoms with Crippen molar-refractivity contribution in [2.75, 3.05) is 13.7 Å². The Morgan fingerprint density at radius 2 is 1.83 bits per heavy atom. The van der Waals surface area contributed by atoms with Crippen LogP contribution >= 0.6 is 15.9 Å². The smallest absolute Gasteiger partial charge is 0.335 e. The van der Waals surface area contributed by atoms with Crippen molar-refractivity contribution in [1.82, 2.24) is 4.57 Å². The fourth-order valence-electron chi connectivity index (χ4n) is 3.23. The molecule has 0 amide bonds. The number of carbonyl (C=O) groups excluding carboxylic acids is 2. The molecule has 6 heteroatoms. The Morgan fingerprint density at radius 1 is 1.10 bits per heavy atom. The number of fused-ring (bicyclic) bond motifs is 1. The molecular weight excluding hydrogens is 434 g/mol. The standard InChI is InChI=1S/C23H22BrNO4/c1-3-29-22(26)13-17-14-25(21-11-7-5-9-19(17)21)15-18(23(27)28-2)12-16-8-4-6-10-20(16)24/h4-12,14H,3,13,15H2,1-2H3/b18-12+. The van der Waals surface area contributed by atoms with Crippen LogP contribution < -0.4 is 0 Å². The number of carbonyl (C=O) groups is 2. The van der Waals surface area contributed by atoms with Gasteiger partial charge in [-0.2, -0.15) is 0 Å². The lowest BCUT2D eigenvalue weighted by molar-refractivity contribution is -0.142. The topological polar surface area (TPSA) is 57.5 Å². The average molecular weight is 456 g/mol. The second-order valence-electron chi connectivity index (χ2n) is 6.46. The molecule has 0 aliphatic heterocycles. The van der Waals surface area contributed by atoms with Gasteiger partial charge in [-0.05, 0) is 36.3 Å². The van der Waals surface area contributed by atoms with Crippen LogP contribution in [0.4, 0.5) is 0 Å². The van der Waals surface area contributed by atoms with Gasteiger partial charge in [0.25, 0.3) is 0 Å². The molecule has 1 aromatic heterocycles. The molecule has 0 radical (unpaired) electrons. The number of methoxy groups -OCH3 is 1. The van der Waals surface area contributed by atoms with E-state index < -0.39 is 5.97 Å². The summed E-state index contributed by atoms with van der Waals surface area (Å²) < 4.78 is 12.9. The van der Waals surface area contributed by atoms with Gasteiger partial charge in [-0.3, -0.25) is 4.79 Å². The van der Waals surface area contributed by atoms with E-state index in [0.29, 0.717) is 18.7 Å². The second kappa shape index (κ2) is 9.56. The Bertz CT molecular complexity index is 1070. The average Bonchev–Trinajstić information content (AvgIpc) is 3.06. The van der Waals surface area contributed by atoms with Gasteiger partial charge in [0.2, 0.25) is 0 Å². The van der Waals surface area contributed by atoms with Crippen LogP contribution in [0, 0.1) is 0 Å². The Labute approximate surface area is 178 Å². The minimum absolute atomic E-state index is 0.183. The Morgan fingerprint density at radius 3 is 2.55 bits per heavy atom. The van der Waals surface area contributed by atoms with Crippen molar-refractivity contribution in [1.29, 1.82) is 0 Å². The van der Waals surface area contributed by atoms with Gasteiger partial charge in [0, 0.05) is 21.6 Å². The molecule has 0 spiro atoms. The molecule has 3 aromatic rings. The third-order valence-electron chi connectivity index (χ3n) is 4.53. The number of para-hydroxylation sites is 1. The van der Waals surface area contributed by atoms with Gasteiger partial charge in [0.1, 0.15) is 0 Å². The molecule has 0 unspecified atom stereocenters. The third-order valence-corrected chi connectivity index (χ3v) is 5.26. The molecule has 0 atom stereocenters. The number of halogens is 1. The molecular formula is C23H22BrNO4. The quantitative estimate of drug-likeness (QED) is 0.380. The van der Waals surface area contributed by atoms with Crippen LogP contribution in [0.15, 0.2) is 64.8 Å². The van der Waals surface area contributed by atoms with Gasteiger partial charge in [-0.25, -0.2) is 4.79 Å². The predicted octanol–water partition coefficient (Wildman–Crippen LogP) is 4.77. The third kappa shape index (κ3) is 4.95. The van der Waals surface area contributed by atoms with E-state index in [4.69, 9.17) is 9.47 Å². The first kappa shape index (κ1) is 20.9. The normalized spacial score (nSPS) is 11.5. The Hall–Kier alpha value is -2.86. The summed E-state index contributed by atoms with van der Waals surface area (Å²) in [7, 11) is 1.37. The minimum atomic E-state index is -0.398. The van der Waals surface area contributed by atoms with Crippen LogP contribution in [0.5, 0.6) is 0 Å². The van der Waals surface area contributed by atoms with Crippen LogP contribution in [0.3, 0.4) is 0 Å². The number of rotatable bonds is 7. The maximum absolute atomic E-state index is 12.4. The molecule has 0 aliphatic rings. The SMILES string of the molecule is CCOC(=O)Cc1cn(C/C(=C\c2ccccc2Br)C(=O)OC)c2ccccc12. The van der Waals surface area contributed by atoms with E-state index >= 15 is 0 Å². The highest BCUT2D eigenvalue weighted by molar-refractivity contribution is 9.10. The number of aromatic nitrogens is 1. The van der Waals surface area contributed by atoms with Crippen molar-refractivity contribution in [3.8, 4) is 0 Å². The summed E-state index contributed by atoms with van der Waals surface area (Å²) in [6, 6.07) is 15.5. The van der Waals surface area contributed by atoms with Crippen molar-refractivity contribution in [2.24, 2.45) is 0 Å². The monoisotopic (exact) mass is 455 g/mol. The van der Waals surface area contributed by atoms with Gasteiger partial charge in [-0.1, -0.05) is 52.3 Å². The molecule has 5 nitrogen and oxygen atoms in total. The molecule has 2 aromatic carbocycles. The zero-order chi connectivity index (χ0) is 20.8. The van der Waals surface area contributed by atoms with E-state index in [1.807, 2.05) is 65.4 Å². The highest BCUT2D eigenvalue weighted by Crippen LogP contribution is 2.25. The molecule has 0 N–H and O–H groups in total. The summed E-state index contributed by atoms with van der Waals surface area (Å²) in [6.45, 7) is 2.45. The van der Waals surface area contributed by atoms with Gasteiger partial charge in [0.15, 0.2) is 0 Å². The Balaban J connectivity index is 2.01. The van der Waals surface area contributed by atoms with Gasteiger partial charge < -0.3 is 14.0 Å². The van der Waals surface area contributed by atoms with Crippen molar-refractivity contribution in [3.05, 3.63) is 75.9 Å². The van der Waals surface area contributed by atoms with Crippen LogP contribution in [0.25, 0.3) is 17.0 Å². The van der Waals surface area contributed by atoms with Crippen LogP contribution in [0.2, 0.25) is 0 Å². The van der Waals surface area contributed by atoms with Gasteiger partial charge in [0.05, 0.1) is 32.3 Å². The van der Waals surface area contributed by atoms with Crippen molar-refractivity contribution >= 4 is 44.8 Å². The molecule has 0 saturated heterocycles. The first-order valence-corrected chi connectivity index (χ1v) is 10.1. The number of esters is 2. The summed E-state index contributed by atoms with van der Waals surface area (Å²) >= 11 is 3.51. The molecule has 29 heavy (non-hydrogen) atoms. The van der Waals surface area contributed by atoms with Crippen molar-refractivity contribution in [2.45, 2.75) is 19.9 Å². The summed E-state index contributed by atoms with van der Waals surface area (Å²) in [5.74, 6) is -0.669. The molecule has 0 bridgehead atoms. The number of nitrogens with zero attached hydrogens (tertiary/aromatic N) is 1. The van der Waals surface area contributed by atoms with E-state index in [2.05, 4.69) is 15.9 Å². The minimum Gasteiger partial charge on any atom is -0.466 e. The lowest BCUT2D eigenvalue weighted by atomic mass is 10.1. The summed E-state index contributed by atoms with van der Waals surface area (Å²) in [5, 5.41) is 0.964. The molecule has 1 heterocycles. The van der Waals surface area contributed by atoms with E-state index in [-0.39, 0.29) is 12.4 Å². The zero-order valence-electron chi connectivity index (χ0n) is 16.4. The van der Waals surface area contributed by atoms with Crippen LogP contribution in [-0.2, 0) is 32.0 Å². The number of ether oxygens (including phenoxy) is 2. The molecule has 150 valence electrons. The number of hydrogen-bond donors (Lipinski definition) is 0. The molecule has 0 fully saturated rings. The van der Waals surface area contributed by atoms with Crippen LogP contribution in [-0.4, -0.2) is 30.2 Å². The van der Waals surface area contributed by atoms with E-state index in [9.17, 15) is 9.59 Å². The predicted molar refractivity (Wildman–Crippen MR) is 116 cm³/mol. The fourth-order valence-corrected chi connectivity index (χ4v) is 3.62. The maximum atomic E-state index is 12.4. The first-order chi connectivity index (χ1) is 14.0. The molecule has 3 rings (SSSR count). The Kier molecular flexibility index (Phi) is 6.88.